The summed E-state index contributed by atoms with van der Waals surface area (Å²) in [5.74, 6) is -0.684. The maximum absolute atomic E-state index is 12.4. The fourth-order valence-corrected chi connectivity index (χ4v) is 3.38. The van der Waals surface area contributed by atoms with Gasteiger partial charge >= 0.3 is 5.97 Å². The summed E-state index contributed by atoms with van der Waals surface area (Å²) < 4.78 is 0. The monoisotopic (exact) mass is 352 g/mol. The van der Waals surface area contributed by atoms with E-state index in [0.717, 1.165) is 30.8 Å². The van der Waals surface area contributed by atoms with Crippen molar-refractivity contribution in [3.05, 3.63) is 59.2 Å². The van der Waals surface area contributed by atoms with Gasteiger partial charge in [-0.3, -0.25) is 4.79 Å². The summed E-state index contributed by atoms with van der Waals surface area (Å²) in [4.78, 5) is 26.2. The molecule has 1 saturated heterocycles. The highest BCUT2D eigenvalue weighted by atomic mass is 16.4. The second kappa shape index (κ2) is 7.60. The topological polar surface area (TPSA) is 69.6 Å². The van der Waals surface area contributed by atoms with Gasteiger partial charge in [-0.05, 0) is 56.0 Å². The fraction of sp³-hybridized carbons (Fsp3) is 0.333. The predicted molar refractivity (Wildman–Crippen MR) is 103 cm³/mol. The Morgan fingerprint density at radius 2 is 1.88 bits per heavy atom. The van der Waals surface area contributed by atoms with E-state index in [2.05, 4.69) is 17.1 Å². The minimum atomic E-state index is -0.982. The van der Waals surface area contributed by atoms with E-state index in [1.807, 2.05) is 19.1 Å². The van der Waals surface area contributed by atoms with E-state index < -0.39 is 5.97 Å². The average molecular weight is 352 g/mol. The molecule has 2 aromatic rings. The van der Waals surface area contributed by atoms with Crippen LogP contribution < -0.4 is 10.2 Å². The standard InChI is InChI=1S/C21H24N2O3/c1-14-5-7-16(8-6-14)20(24)22-17-9-10-19(18(12-17)21(25)26)23-11-3-4-15(2)13-23/h5-10,12,15H,3-4,11,13H2,1-2H3,(H,22,24)(H,25,26). The number of nitrogens with zero attached hydrogens (tertiary/aromatic N) is 1. The fourth-order valence-electron chi connectivity index (χ4n) is 3.38. The van der Waals surface area contributed by atoms with Gasteiger partial charge < -0.3 is 15.3 Å². The number of carbonyl (C=O) groups excluding carboxylic acids is 1. The molecule has 26 heavy (non-hydrogen) atoms. The van der Waals surface area contributed by atoms with Gasteiger partial charge in [-0.2, -0.15) is 0 Å². The Hall–Kier alpha value is -2.82. The molecule has 3 rings (SSSR count). The normalized spacial score (nSPS) is 17.0. The third kappa shape index (κ3) is 4.04. The zero-order chi connectivity index (χ0) is 18.7. The summed E-state index contributed by atoms with van der Waals surface area (Å²) in [5, 5.41) is 12.4. The van der Waals surface area contributed by atoms with Crippen molar-refractivity contribution >= 4 is 23.3 Å². The van der Waals surface area contributed by atoms with Crippen LogP contribution in [-0.2, 0) is 0 Å². The zero-order valence-corrected chi connectivity index (χ0v) is 15.2. The Bertz CT molecular complexity index is 815. The molecule has 2 N–H and O–H groups in total. The van der Waals surface area contributed by atoms with Gasteiger partial charge in [0.25, 0.3) is 5.91 Å². The molecule has 1 aliphatic heterocycles. The van der Waals surface area contributed by atoms with Gasteiger partial charge in [-0.1, -0.05) is 24.6 Å². The number of benzene rings is 2. The number of amides is 1. The van der Waals surface area contributed by atoms with E-state index in [1.165, 1.54) is 6.42 Å². The molecule has 0 saturated carbocycles. The molecular formula is C21H24N2O3. The van der Waals surface area contributed by atoms with Crippen molar-refractivity contribution in [1.82, 2.24) is 0 Å². The number of anilines is 2. The number of carboxylic acid groups (broad SMARTS) is 1. The first-order valence-corrected chi connectivity index (χ1v) is 8.94. The molecule has 0 aromatic heterocycles. The van der Waals surface area contributed by atoms with Crippen LogP contribution in [0.25, 0.3) is 0 Å². The third-order valence-corrected chi connectivity index (χ3v) is 4.80. The Morgan fingerprint density at radius 3 is 2.54 bits per heavy atom. The van der Waals surface area contributed by atoms with Gasteiger partial charge in [0.1, 0.15) is 0 Å². The van der Waals surface area contributed by atoms with Gasteiger partial charge in [0.05, 0.1) is 11.3 Å². The molecule has 0 radical (unpaired) electrons. The molecule has 0 spiro atoms. The number of hydrogen-bond donors (Lipinski definition) is 2. The minimum absolute atomic E-state index is 0.223. The van der Waals surface area contributed by atoms with Gasteiger partial charge in [-0.25, -0.2) is 4.79 Å². The summed E-state index contributed by atoms with van der Waals surface area (Å²) in [6, 6.07) is 12.4. The van der Waals surface area contributed by atoms with Crippen LogP contribution in [0, 0.1) is 12.8 Å². The summed E-state index contributed by atoms with van der Waals surface area (Å²) in [7, 11) is 0. The molecule has 1 aliphatic rings. The predicted octanol–water partition coefficient (Wildman–Crippen LogP) is 4.18. The van der Waals surface area contributed by atoms with Crippen molar-refractivity contribution in [2.24, 2.45) is 5.92 Å². The van der Waals surface area contributed by atoms with Crippen LogP contribution in [-0.4, -0.2) is 30.1 Å². The molecule has 5 heteroatoms. The van der Waals surface area contributed by atoms with Crippen LogP contribution in [0.2, 0.25) is 0 Å². The van der Waals surface area contributed by atoms with E-state index in [9.17, 15) is 14.7 Å². The number of rotatable bonds is 4. The third-order valence-electron chi connectivity index (χ3n) is 4.80. The number of nitrogens with one attached hydrogen (secondary N) is 1. The number of aromatic carboxylic acids is 1. The molecule has 0 bridgehead atoms. The lowest BCUT2D eigenvalue weighted by Gasteiger charge is -2.33. The number of aryl methyl sites for hydroxylation is 1. The van der Waals surface area contributed by atoms with Crippen molar-refractivity contribution in [3.8, 4) is 0 Å². The summed E-state index contributed by atoms with van der Waals surface area (Å²) >= 11 is 0. The summed E-state index contributed by atoms with van der Waals surface area (Å²) in [5.41, 5.74) is 3.05. The van der Waals surface area contributed by atoms with Crippen LogP contribution in [0.5, 0.6) is 0 Å². The lowest BCUT2D eigenvalue weighted by Crippen LogP contribution is -2.35. The molecule has 136 valence electrons. The maximum Gasteiger partial charge on any atom is 0.337 e. The Morgan fingerprint density at radius 1 is 1.15 bits per heavy atom. The van der Waals surface area contributed by atoms with Gasteiger partial charge in [0.2, 0.25) is 0 Å². The van der Waals surface area contributed by atoms with E-state index >= 15 is 0 Å². The highest BCUT2D eigenvalue weighted by molar-refractivity contribution is 6.05. The molecular weight excluding hydrogens is 328 g/mol. The molecule has 0 aliphatic carbocycles. The molecule has 2 aromatic carbocycles. The summed E-state index contributed by atoms with van der Waals surface area (Å²) in [6.07, 6.45) is 2.23. The molecule has 1 atom stereocenters. The number of carboxylic acids is 1. The second-order valence-electron chi connectivity index (χ2n) is 7.05. The number of piperidine rings is 1. The Kier molecular flexibility index (Phi) is 5.26. The Labute approximate surface area is 153 Å². The first kappa shape index (κ1) is 18.0. The van der Waals surface area contributed by atoms with E-state index in [0.29, 0.717) is 17.2 Å². The van der Waals surface area contributed by atoms with Crippen LogP contribution in [0.4, 0.5) is 11.4 Å². The molecule has 1 unspecified atom stereocenters. The second-order valence-corrected chi connectivity index (χ2v) is 7.05. The van der Waals surface area contributed by atoms with Crippen LogP contribution in [0.3, 0.4) is 0 Å². The SMILES string of the molecule is Cc1ccc(C(=O)Nc2ccc(N3CCCC(C)C3)c(C(=O)O)c2)cc1. The van der Waals surface area contributed by atoms with Crippen molar-refractivity contribution in [2.45, 2.75) is 26.7 Å². The van der Waals surface area contributed by atoms with E-state index in [-0.39, 0.29) is 11.5 Å². The number of carbonyl (C=O) groups is 2. The van der Waals surface area contributed by atoms with Crippen molar-refractivity contribution < 1.29 is 14.7 Å². The van der Waals surface area contributed by atoms with Crippen molar-refractivity contribution in [2.75, 3.05) is 23.3 Å². The van der Waals surface area contributed by atoms with E-state index in [1.54, 1.807) is 30.3 Å². The van der Waals surface area contributed by atoms with Crippen LogP contribution in [0.15, 0.2) is 42.5 Å². The number of hydrogen-bond acceptors (Lipinski definition) is 3. The van der Waals surface area contributed by atoms with Crippen LogP contribution in [0.1, 0.15) is 46.0 Å². The lowest BCUT2D eigenvalue weighted by molar-refractivity contribution is 0.0697. The quantitative estimate of drug-likeness (QED) is 0.866. The molecule has 1 fully saturated rings. The minimum Gasteiger partial charge on any atom is -0.478 e. The first-order chi connectivity index (χ1) is 12.4. The zero-order valence-electron chi connectivity index (χ0n) is 15.2. The van der Waals surface area contributed by atoms with Crippen molar-refractivity contribution in [1.29, 1.82) is 0 Å². The van der Waals surface area contributed by atoms with Gasteiger partial charge in [-0.15, -0.1) is 0 Å². The highest BCUT2D eigenvalue weighted by Crippen LogP contribution is 2.29. The highest BCUT2D eigenvalue weighted by Gasteiger charge is 2.22. The largest absolute Gasteiger partial charge is 0.478 e. The first-order valence-electron chi connectivity index (χ1n) is 8.94. The van der Waals surface area contributed by atoms with E-state index in [4.69, 9.17) is 0 Å². The molecule has 1 amide bonds. The van der Waals surface area contributed by atoms with Gasteiger partial charge in [0.15, 0.2) is 0 Å². The molecule has 1 heterocycles. The molecule has 5 nitrogen and oxygen atoms in total. The van der Waals surface area contributed by atoms with Crippen molar-refractivity contribution in [3.63, 3.8) is 0 Å². The van der Waals surface area contributed by atoms with Crippen LogP contribution >= 0.6 is 0 Å². The smallest absolute Gasteiger partial charge is 0.337 e. The average Bonchev–Trinajstić information content (AvgIpc) is 2.62. The Balaban J connectivity index is 1.83. The summed E-state index contributed by atoms with van der Waals surface area (Å²) in [6.45, 7) is 5.86. The maximum atomic E-state index is 12.4. The lowest BCUT2D eigenvalue weighted by atomic mass is 9.98. The van der Waals surface area contributed by atoms with Gasteiger partial charge in [0, 0.05) is 24.3 Å².